The van der Waals surface area contributed by atoms with Crippen LogP contribution < -0.4 is 0 Å². The molecule has 1 heterocycles. The monoisotopic (exact) mass is 147 g/mol. The topological polar surface area (TPSA) is 15.8 Å². The molecule has 0 aromatic carbocycles. The number of nitrogens with one attached hydrogen (secondary N) is 1. The van der Waals surface area contributed by atoms with Gasteiger partial charge in [-0.1, -0.05) is 13.2 Å². The zero-order valence-corrected chi connectivity index (χ0v) is 7.07. The van der Waals surface area contributed by atoms with Gasteiger partial charge in [-0.15, -0.1) is 0 Å². The summed E-state index contributed by atoms with van der Waals surface area (Å²) in [6.45, 7) is 11.6. The van der Waals surface area contributed by atoms with E-state index in [1.165, 1.54) is 0 Å². The molecule has 0 saturated heterocycles. The first-order valence-electron chi connectivity index (χ1n) is 3.63. The molecule has 11 heavy (non-hydrogen) atoms. The van der Waals surface area contributed by atoms with Gasteiger partial charge in [-0.2, -0.15) is 0 Å². The molecule has 0 aliphatic rings. The van der Waals surface area contributed by atoms with E-state index in [-0.39, 0.29) is 0 Å². The molecule has 0 bridgehead atoms. The molecule has 0 atom stereocenters. The molecular weight excluding hydrogens is 134 g/mol. The minimum absolute atomic E-state index is 1.06. The van der Waals surface area contributed by atoms with E-state index >= 15 is 0 Å². The summed E-state index contributed by atoms with van der Waals surface area (Å²) in [5.41, 5.74) is 4.45. The van der Waals surface area contributed by atoms with Crippen molar-refractivity contribution in [1.82, 2.24) is 4.98 Å². The van der Waals surface area contributed by atoms with Crippen molar-refractivity contribution in [2.24, 2.45) is 0 Å². The van der Waals surface area contributed by atoms with Crippen LogP contribution in [-0.4, -0.2) is 4.98 Å². The van der Waals surface area contributed by atoms with Crippen molar-refractivity contribution >= 4 is 11.6 Å². The van der Waals surface area contributed by atoms with Gasteiger partial charge in [-0.3, -0.25) is 0 Å². The van der Waals surface area contributed by atoms with Crippen molar-refractivity contribution in [1.29, 1.82) is 0 Å². The van der Waals surface area contributed by atoms with Gasteiger partial charge >= 0.3 is 0 Å². The Labute approximate surface area is 67.5 Å². The predicted octanol–water partition coefficient (Wildman–Crippen LogP) is 3.00. The van der Waals surface area contributed by atoms with E-state index in [0.29, 0.717) is 0 Å². The van der Waals surface area contributed by atoms with E-state index in [0.717, 1.165) is 22.5 Å². The van der Waals surface area contributed by atoms with Crippen molar-refractivity contribution in [3.8, 4) is 0 Å². The number of rotatable bonds is 2. The minimum Gasteiger partial charge on any atom is -0.359 e. The summed E-state index contributed by atoms with van der Waals surface area (Å²) in [4.78, 5) is 3.20. The number of aromatic nitrogens is 1. The lowest BCUT2D eigenvalue weighted by molar-refractivity contribution is 1.25. The maximum absolute atomic E-state index is 3.88. The van der Waals surface area contributed by atoms with Crippen LogP contribution in [0.25, 0.3) is 11.6 Å². The fourth-order valence-electron chi connectivity index (χ4n) is 1.12. The fourth-order valence-corrected chi connectivity index (χ4v) is 1.12. The number of allylic oxidation sites excluding steroid dienone is 1. The van der Waals surface area contributed by atoms with Crippen LogP contribution in [0.15, 0.2) is 19.2 Å². The first-order chi connectivity index (χ1) is 5.15. The normalized spacial score (nSPS) is 9.64. The highest BCUT2D eigenvalue weighted by Crippen LogP contribution is 2.18. The van der Waals surface area contributed by atoms with Crippen molar-refractivity contribution in [3.63, 3.8) is 0 Å². The maximum Gasteiger partial charge on any atom is 0.0452 e. The molecule has 1 aromatic heterocycles. The number of hydrogen-bond donors (Lipinski definition) is 1. The molecule has 0 spiro atoms. The standard InChI is InChI=1S/C10H13N/c1-5-10-9(7(2)3)6-8(4)11-10/h5-6,11H,1-2H2,3-4H3. The second-order valence-corrected chi connectivity index (χ2v) is 2.76. The molecule has 1 aromatic rings. The molecule has 1 heteroatoms. The largest absolute Gasteiger partial charge is 0.359 e. The van der Waals surface area contributed by atoms with Gasteiger partial charge < -0.3 is 4.98 Å². The highest BCUT2D eigenvalue weighted by atomic mass is 14.7. The van der Waals surface area contributed by atoms with Gasteiger partial charge in [0.25, 0.3) is 0 Å². The number of aromatic amines is 1. The van der Waals surface area contributed by atoms with Gasteiger partial charge in [-0.25, -0.2) is 0 Å². The van der Waals surface area contributed by atoms with Gasteiger partial charge in [0, 0.05) is 17.0 Å². The van der Waals surface area contributed by atoms with Gasteiger partial charge in [-0.05, 0) is 31.6 Å². The molecule has 58 valence electrons. The third-order valence-electron chi connectivity index (χ3n) is 1.65. The Kier molecular flexibility index (Phi) is 1.99. The van der Waals surface area contributed by atoms with E-state index in [1.54, 1.807) is 0 Å². The first-order valence-corrected chi connectivity index (χ1v) is 3.63. The van der Waals surface area contributed by atoms with Crippen molar-refractivity contribution < 1.29 is 0 Å². The molecule has 0 unspecified atom stereocenters. The summed E-state index contributed by atoms with van der Waals surface area (Å²) in [5.74, 6) is 0. The van der Waals surface area contributed by atoms with Crippen molar-refractivity contribution in [3.05, 3.63) is 36.2 Å². The summed E-state index contributed by atoms with van der Waals surface area (Å²) >= 11 is 0. The quantitative estimate of drug-likeness (QED) is 0.661. The Morgan fingerprint density at radius 1 is 1.64 bits per heavy atom. The summed E-state index contributed by atoms with van der Waals surface area (Å²) < 4.78 is 0. The number of hydrogen-bond acceptors (Lipinski definition) is 0. The molecular formula is C10H13N. The van der Waals surface area contributed by atoms with Crippen LogP contribution in [-0.2, 0) is 0 Å². The van der Waals surface area contributed by atoms with Crippen LogP contribution in [0.5, 0.6) is 0 Å². The van der Waals surface area contributed by atoms with Crippen LogP contribution in [0.3, 0.4) is 0 Å². The average Bonchev–Trinajstić information content (AvgIpc) is 2.30. The van der Waals surface area contributed by atoms with Crippen molar-refractivity contribution in [2.45, 2.75) is 13.8 Å². The third-order valence-corrected chi connectivity index (χ3v) is 1.65. The number of H-pyrrole nitrogens is 1. The van der Waals surface area contributed by atoms with Crippen molar-refractivity contribution in [2.75, 3.05) is 0 Å². The Balaban J connectivity index is 3.22. The SMILES string of the molecule is C=Cc1[nH]c(C)cc1C(=C)C. The van der Waals surface area contributed by atoms with E-state index < -0.39 is 0 Å². The highest BCUT2D eigenvalue weighted by Gasteiger charge is 2.01. The third kappa shape index (κ3) is 1.43. The Hall–Kier alpha value is -1.24. The zero-order valence-electron chi connectivity index (χ0n) is 7.07. The second-order valence-electron chi connectivity index (χ2n) is 2.76. The predicted molar refractivity (Wildman–Crippen MR) is 50.3 cm³/mol. The molecule has 0 radical (unpaired) electrons. The lowest BCUT2D eigenvalue weighted by Crippen LogP contribution is -1.77. The van der Waals surface area contributed by atoms with Crippen LogP contribution >= 0.6 is 0 Å². The van der Waals surface area contributed by atoms with E-state index in [1.807, 2.05) is 19.9 Å². The summed E-state index contributed by atoms with van der Waals surface area (Å²) in [6.07, 6.45) is 1.82. The summed E-state index contributed by atoms with van der Waals surface area (Å²) in [7, 11) is 0. The molecule has 0 aliphatic heterocycles. The van der Waals surface area contributed by atoms with Crippen LogP contribution in [0.4, 0.5) is 0 Å². The van der Waals surface area contributed by atoms with Crippen LogP contribution in [0.1, 0.15) is 23.9 Å². The highest BCUT2D eigenvalue weighted by molar-refractivity contribution is 5.70. The van der Waals surface area contributed by atoms with Crippen LogP contribution in [0.2, 0.25) is 0 Å². The molecule has 0 amide bonds. The van der Waals surface area contributed by atoms with E-state index in [9.17, 15) is 0 Å². The maximum atomic E-state index is 3.88. The fraction of sp³-hybridized carbons (Fsp3) is 0.200. The van der Waals surface area contributed by atoms with E-state index in [2.05, 4.69) is 24.2 Å². The molecule has 1 N–H and O–H groups in total. The van der Waals surface area contributed by atoms with E-state index in [4.69, 9.17) is 0 Å². The minimum atomic E-state index is 1.06. The lowest BCUT2D eigenvalue weighted by Gasteiger charge is -1.95. The summed E-state index contributed by atoms with van der Waals surface area (Å²) in [5, 5.41) is 0. The zero-order chi connectivity index (χ0) is 8.43. The van der Waals surface area contributed by atoms with Gasteiger partial charge in [0.15, 0.2) is 0 Å². The second kappa shape index (κ2) is 2.79. The first kappa shape index (κ1) is 7.86. The summed E-state index contributed by atoms with van der Waals surface area (Å²) in [6, 6.07) is 2.08. The Morgan fingerprint density at radius 2 is 2.27 bits per heavy atom. The molecule has 1 rings (SSSR count). The lowest BCUT2D eigenvalue weighted by atomic mass is 10.1. The average molecular weight is 147 g/mol. The van der Waals surface area contributed by atoms with Crippen LogP contribution in [0, 0.1) is 6.92 Å². The smallest absolute Gasteiger partial charge is 0.0452 e. The molecule has 0 fully saturated rings. The Morgan fingerprint density at radius 3 is 2.64 bits per heavy atom. The van der Waals surface area contributed by atoms with Gasteiger partial charge in [0.05, 0.1) is 0 Å². The Bertz CT molecular complexity index is 292. The number of aryl methyl sites for hydroxylation is 1. The van der Waals surface area contributed by atoms with Gasteiger partial charge in [0.1, 0.15) is 0 Å². The molecule has 0 saturated carbocycles. The molecule has 0 aliphatic carbocycles. The molecule has 1 nitrogen and oxygen atoms in total. The van der Waals surface area contributed by atoms with Gasteiger partial charge in [0.2, 0.25) is 0 Å².